The summed E-state index contributed by atoms with van der Waals surface area (Å²) in [6.07, 6.45) is 2.49. The van der Waals surface area contributed by atoms with Gasteiger partial charge in [0.2, 0.25) is 5.89 Å². The number of anilines is 1. The van der Waals surface area contributed by atoms with Gasteiger partial charge in [0.1, 0.15) is 12.9 Å². The van der Waals surface area contributed by atoms with E-state index >= 15 is 0 Å². The minimum absolute atomic E-state index is 0.0492. The van der Waals surface area contributed by atoms with Crippen LogP contribution < -0.4 is 10.5 Å². The highest BCUT2D eigenvalue weighted by atomic mass is 19.4. The van der Waals surface area contributed by atoms with Gasteiger partial charge in [-0.25, -0.2) is 9.97 Å². The van der Waals surface area contributed by atoms with Gasteiger partial charge in [0.05, 0.1) is 29.7 Å². The molecule has 2 aliphatic rings. The number of hydrogen-bond donors (Lipinski definition) is 0. The number of alkyl halides is 3. The van der Waals surface area contributed by atoms with Gasteiger partial charge in [-0.3, -0.25) is 14.3 Å². The first-order chi connectivity index (χ1) is 15.8. The second kappa shape index (κ2) is 6.73. The van der Waals surface area contributed by atoms with Crippen molar-refractivity contribution in [2.75, 3.05) is 11.4 Å². The summed E-state index contributed by atoms with van der Waals surface area (Å²) in [6, 6.07) is 1.08. The molecule has 2 atom stereocenters. The Bertz CT molecular complexity index is 1480. The molecule has 0 aromatic carbocycles. The molecule has 6 rings (SSSR count). The van der Waals surface area contributed by atoms with Gasteiger partial charge >= 0.3 is 6.18 Å². The molecule has 10 nitrogen and oxygen atoms in total. The molecule has 33 heavy (non-hydrogen) atoms. The Morgan fingerprint density at radius 1 is 1.21 bits per heavy atom. The third-order valence-electron chi connectivity index (χ3n) is 5.93. The first-order valence-electron chi connectivity index (χ1n) is 9.99. The van der Waals surface area contributed by atoms with Crippen LogP contribution >= 0.6 is 0 Å². The van der Waals surface area contributed by atoms with Gasteiger partial charge in [-0.2, -0.15) is 18.2 Å². The van der Waals surface area contributed by atoms with Crippen LogP contribution in [0, 0.1) is 5.92 Å². The molecule has 1 aliphatic heterocycles. The van der Waals surface area contributed by atoms with E-state index in [-0.39, 0.29) is 29.8 Å². The molecule has 0 spiro atoms. The maximum atomic E-state index is 13.0. The number of halogens is 3. The van der Waals surface area contributed by atoms with Crippen LogP contribution in [0.5, 0.6) is 0 Å². The summed E-state index contributed by atoms with van der Waals surface area (Å²) in [5, 5.41) is 4.04. The first kappa shape index (κ1) is 19.6. The summed E-state index contributed by atoms with van der Waals surface area (Å²) < 4.78 is 47.2. The summed E-state index contributed by atoms with van der Waals surface area (Å²) >= 11 is 0. The number of nitrogens with zero attached hydrogens (tertiary/aromatic N) is 8. The number of rotatable bonds is 4. The minimum Gasteiger partial charge on any atom is -0.346 e. The van der Waals surface area contributed by atoms with E-state index in [0.717, 1.165) is 17.8 Å². The molecule has 0 N–H and O–H groups in total. The number of fused-ring (bicyclic) bond motifs is 2. The Hall–Kier alpha value is -4.03. The van der Waals surface area contributed by atoms with Gasteiger partial charge in [0.25, 0.3) is 5.56 Å². The van der Waals surface area contributed by atoms with Gasteiger partial charge in [-0.05, 0) is 11.6 Å². The van der Waals surface area contributed by atoms with Crippen molar-refractivity contribution in [2.24, 2.45) is 13.0 Å². The Kier molecular flexibility index (Phi) is 4.01. The van der Waals surface area contributed by atoms with E-state index in [0.29, 0.717) is 29.2 Å². The lowest BCUT2D eigenvalue weighted by atomic mass is 10.2. The van der Waals surface area contributed by atoms with Crippen molar-refractivity contribution in [1.29, 1.82) is 0 Å². The maximum absolute atomic E-state index is 13.0. The second-order valence-corrected chi connectivity index (χ2v) is 8.05. The van der Waals surface area contributed by atoms with Crippen molar-refractivity contribution >= 4 is 16.9 Å². The van der Waals surface area contributed by atoms with Gasteiger partial charge in [0, 0.05) is 31.9 Å². The predicted octanol–water partition coefficient (Wildman–Crippen LogP) is 2.09. The number of aromatic nitrogens is 7. The average Bonchev–Trinajstić information content (AvgIpc) is 3.20. The Balaban J connectivity index is 1.19. The zero-order valence-corrected chi connectivity index (χ0v) is 17.1. The standard InChI is InChI=1S/C20H15F3N8O2/c1-29-8-25-18-16(29)19(32)31(9-26-18)7-14-27-17(28-33-14)15-12-5-30(6-13(12)15)11-2-10(3-24-4-11)20(21,22)23/h2-5,8-9,13,15H,6-7H2,1H3/t13-,15-/m1/s1. The molecular weight excluding hydrogens is 441 g/mol. The molecule has 168 valence electrons. The minimum atomic E-state index is -4.44. The van der Waals surface area contributed by atoms with Crippen molar-refractivity contribution in [1.82, 2.24) is 34.2 Å². The maximum Gasteiger partial charge on any atom is 0.417 e. The first-order valence-corrected chi connectivity index (χ1v) is 9.99. The zero-order chi connectivity index (χ0) is 22.9. The molecule has 5 heterocycles. The van der Waals surface area contributed by atoms with Crippen LogP contribution in [-0.2, 0) is 19.8 Å². The highest BCUT2D eigenvalue weighted by molar-refractivity contribution is 5.68. The van der Waals surface area contributed by atoms with E-state index in [2.05, 4.69) is 25.1 Å². The van der Waals surface area contributed by atoms with E-state index < -0.39 is 11.7 Å². The predicted molar refractivity (Wildman–Crippen MR) is 107 cm³/mol. The van der Waals surface area contributed by atoms with E-state index in [4.69, 9.17) is 4.52 Å². The van der Waals surface area contributed by atoms with Crippen LogP contribution in [0.2, 0.25) is 0 Å². The van der Waals surface area contributed by atoms with Crippen LogP contribution in [0.1, 0.15) is 23.2 Å². The van der Waals surface area contributed by atoms with Crippen molar-refractivity contribution < 1.29 is 17.7 Å². The van der Waals surface area contributed by atoms with Crippen LogP contribution in [0.25, 0.3) is 11.2 Å². The molecule has 13 heteroatoms. The summed E-state index contributed by atoms with van der Waals surface area (Å²) in [6.45, 7) is 0.575. The molecule has 4 aromatic rings. The van der Waals surface area contributed by atoms with Crippen LogP contribution in [0.3, 0.4) is 0 Å². The van der Waals surface area contributed by atoms with Crippen molar-refractivity contribution in [3.63, 3.8) is 0 Å². The topological polar surface area (TPSA) is 108 Å². The summed E-state index contributed by atoms with van der Waals surface area (Å²) in [4.78, 5) is 30.8. The fraction of sp³-hybridized carbons (Fsp3) is 0.300. The average molecular weight is 456 g/mol. The zero-order valence-electron chi connectivity index (χ0n) is 17.1. The van der Waals surface area contributed by atoms with Crippen molar-refractivity contribution in [2.45, 2.75) is 18.6 Å². The highest BCUT2D eigenvalue weighted by Gasteiger charge is 2.52. The fourth-order valence-electron chi connectivity index (χ4n) is 4.21. The molecular formula is C20H15F3N8O2. The van der Waals surface area contributed by atoms with Crippen LogP contribution in [-0.4, -0.2) is 40.8 Å². The Morgan fingerprint density at radius 2 is 2.03 bits per heavy atom. The Morgan fingerprint density at radius 3 is 2.79 bits per heavy atom. The molecule has 1 fully saturated rings. The monoisotopic (exact) mass is 456 g/mol. The van der Waals surface area contributed by atoms with Crippen molar-refractivity contribution in [3.05, 3.63) is 70.5 Å². The molecule has 0 amide bonds. The quantitative estimate of drug-likeness (QED) is 0.460. The summed E-state index contributed by atoms with van der Waals surface area (Å²) in [7, 11) is 1.71. The summed E-state index contributed by atoms with van der Waals surface area (Å²) in [5.41, 5.74) is 1.10. The number of imidazole rings is 1. The highest BCUT2D eigenvalue weighted by Crippen LogP contribution is 2.56. The van der Waals surface area contributed by atoms with Crippen LogP contribution in [0.4, 0.5) is 18.9 Å². The van der Waals surface area contributed by atoms with Crippen molar-refractivity contribution in [3.8, 4) is 0 Å². The fourth-order valence-corrected chi connectivity index (χ4v) is 4.21. The van der Waals surface area contributed by atoms with E-state index in [9.17, 15) is 18.0 Å². The molecule has 0 bridgehead atoms. The smallest absolute Gasteiger partial charge is 0.346 e. The molecule has 1 aliphatic carbocycles. The number of aryl methyl sites for hydroxylation is 1. The molecule has 0 saturated heterocycles. The third kappa shape index (κ3) is 3.18. The third-order valence-corrected chi connectivity index (χ3v) is 5.93. The lowest BCUT2D eigenvalue weighted by molar-refractivity contribution is -0.137. The van der Waals surface area contributed by atoms with Gasteiger partial charge in [-0.1, -0.05) is 5.16 Å². The van der Waals surface area contributed by atoms with Gasteiger partial charge in [0.15, 0.2) is 17.0 Å². The summed E-state index contributed by atoms with van der Waals surface area (Å²) in [5.74, 6) is 0.803. The lowest BCUT2D eigenvalue weighted by Crippen LogP contribution is -2.22. The normalized spacial score (nSPS) is 19.8. The van der Waals surface area contributed by atoms with E-state index in [1.165, 1.54) is 23.4 Å². The SMILES string of the molecule is Cn1cnc2ncn(Cc3nc([C@@H]4C5=CN(c6cncc(C(F)(F)F)c6)C[C@H]54)no3)c(=O)c21. The van der Waals surface area contributed by atoms with Crippen LogP contribution in [0.15, 0.2) is 52.2 Å². The number of hydrogen-bond acceptors (Lipinski definition) is 8. The van der Waals surface area contributed by atoms with E-state index in [1.807, 2.05) is 6.20 Å². The van der Waals surface area contributed by atoms with E-state index in [1.54, 1.807) is 16.5 Å². The molecule has 0 radical (unpaired) electrons. The molecule has 1 saturated carbocycles. The number of pyridine rings is 1. The Labute approximate surface area is 183 Å². The second-order valence-electron chi connectivity index (χ2n) is 8.05. The molecule has 4 aromatic heterocycles. The lowest BCUT2D eigenvalue weighted by Gasteiger charge is -2.19. The molecule has 0 unspecified atom stereocenters. The largest absolute Gasteiger partial charge is 0.417 e. The van der Waals surface area contributed by atoms with Gasteiger partial charge in [-0.15, -0.1) is 0 Å². The van der Waals surface area contributed by atoms with Gasteiger partial charge < -0.3 is 14.0 Å².